The summed E-state index contributed by atoms with van der Waals surface area (Å²) in [7, 11) is 0. The number of Topliss-reactive ketones (excluding diaryl/α,β-unsaturated/α-hetero) is 2. The van der Waals surface area contributed by atoms with Crippen LogP contribution in [0.25, 0.3) is 0 Å². The lowest BCUT2D eigenvalue weighted by Gasteiger charge is -2.15. The average molecular weight is 315 g/mol. The predicted molar refractivity (Wildman–Crippen MR) is 93.1 cm³/mol. The number of nitrogens with zero attached hydrogens (tertiary/aromatic N) is 1. The summed E-state index contributed by atoms with van der Waals surface area (Å²) in [6, 6.07) is 23.7. The molecule has 3 nitrogen and oxygen atoms in total. The first kappa shape index (κ1) is 15.8. The van der Waals surface area contributed by atoms with E-state index in [1.807, 2.05) is 48.5 Å². The summed E-state index contributed by atoms with van der Waals surface area (Å²) in [5, 5.41) is 0. The third-order valence-electron chi connectivity index (χ3n) is 3.92. The Balaban J connectivity index is 1.91. The van der Waals surface area contributed by atoms with Gasteiger partial charge in [-0.2, -0.15) is 0 Å². The fourth-order valence-corrected chi connectivity index (χ4v) is 2.66. The third-order valence-corrected chi connectivity index (χ3v) is 3.92. The predicted octanol–water partition coefficient (Wildman–Crippen LogP) is 4.32. The van der Waals surface area contributed by atoms with E-state index in [9.17, 15) is 9.59 Å². The van der Waals surface area contributed by atoms with Crippen LogP contribution in [-0.4, -0.2) is 16.6 Å². The van der Waals surface area contributed by atoms with E-state index in [2.05, 4.69) is 4.98 Å². The van der Waals surface area contributed by atoms with Crippen LogP contribution in [0.4, 0.5) is 0 Å². The molecule has 0 bridgehead atoms. The van der Waals surface area contributed by atoms with Crippen LogP contribution in [-0.2, 0) is 0 Å². The quantitative estimate of drug-likeness (QED) is 0.636. The van der Waals surface area contributed by atoms with Crippen molar-refractivity contribution in [3.05, 3.63) is 102 Å². The highest BCUT2D eigenvalue weighted by Gasteiger charge is 2.26. The van der Waals surface area contributed by atoms with E-state index in [1.165, 1.54) is 0 Å². The van der Waals surface area contributed by atoms with Gasteiger partial charge in [0.05, 0.1) is 5.92 Å². The molecule has 1 heterocycles. The molecule has 1 unspecified atom stereocenters. The molecule has 0 fully saturated rings. The molecule has 2 aromatic carbocycles. The molecule has 3 heteroatoms. The fraction of sp³-hybridized carbons (Fsp3) is 0.0952. The van der Waals surface area contributed by atoms with Crippen molar-refractivity contribution in [1.29, 1.82) is 0 Å². The van der Waals surface area contributed by atoms with Crippen LogP contribution in [0.5, 0.6) is 0 Å². The molecule has 0 radical (unpaired) electrons. The van der Waals surface area contributed by atoms with Crippen molar-refractivity contribution >= 4 is 11.6 Å². The molecule has 1 atom stereocenters. The number of rotatable bonds is 6. The van der Waals surface area contributed by atoms with E-state index in [-0.39, 0.29) is 18.0 Å². The second-order valence-electron chi connectivity index (χ2n) is 5.54. The van der Waals surface area contributed by atoms with Crippen LogP contribution in [0, 0.1) is 0 Å². The summed E-state index contributed by atoms with van der Waals surface area (Å²) in [5.41, 5.74) is 1.83. The first-order valence-corrected chi connectivity index (χ1v) is 7.84. The van der Waals surface area contributed by atoms with Gasteiger partial charge in [-0.05, 0) is 17.7 Å². The molecule has 0 amide bonds. The van der Waals surface area contributed by atoms with Crippen molar-refractivity contribution in [2.75, 3.05) is 0 Å². The number of carbonyl (C=O) groups excluding carboxylic acids is 2. The Labute approximate surface area is 141 Å². The number of carbonyl (C=O) groups is 2. The molecule has 3 aromatic rings. The molecular formula is C21H17NO2. The van der Waals surface area contributed by atoms with Crippen molar-refractivity contribution < 1.29 is 9.59 Å². The zero-order valence-electron chi connectivity index (χ0n) is 13.1. The Morgan fingerprint density at radius 3 is 2.04 bits per heavy atom. The van der Waals surface area contributed by atoms with E-state index in [1.54, 1.807) is 36.5 Å². The van der Waals surface area contributed by atoms with E-state index >= 15 is 0 Å². The lowest BCUT2D eigenvalue weighted by atomic mass is 9.87. The number of benzene rings is 2. The summed E-state index contributed by atoms with van der Waals surface area (Å²) in [6.45, 7) is 0. The monoisotopic (exact) mass is 315 g/mol. The molecule has 0 aliphatic heterocycles. The lowest BCUT2D eigenvalue weighted by Crippen LogP contribution is -2.18. The normalized spacial score (nSPS) is 11.7. The van der Waals surface area contributed by atoms with Gasteiger partial charge in [0.1, 0.15) is 5.69 Å². The lowest BCUT2D eigenvalue weighted by molar-refractivity contribution is 0.0890. The van der Waals surface area contributed by atoms with Crippen LogP contribution in [0.2, 0.25) is 0 Å². The molecule has 0 saturated heterocycles. The maximum atomic E-state index is 12.9. The van der Waals surface area contributed by atoms with Gasteiger partial charge in [0, 0.05) is 18.2 Å². The fourth-order valence-electron chi connectivity index (χ4n) is 2.66. The zero-order valence-corrected chi connectivity index (χ0v) is 13.1. The largest absolute Gasteiger partial charge is 0.294 e. The Bertz CT molecular complexity index is 814. The van der Waals surface area contributed by atoms with Crippen LogP contribution in [0.3, 0.4) is 0 Å². The van der Waals surface area contributed by atoms with Crippen molar-refractivity contribution in [2.45, 2.75) is 12.3 Å². The Morgan fingerprint density at radius 2 is 1.42 bits per heavy atom. The van der Waals surface area contributed by atoms with Gasteiger partial charge in [0.2, 0.25) is 0 Å². The van der Waals surface area contributed by atoms with Gasteiger partial charge >= 0.3 is 0 Å². The standard InChI is InChI=1S/C21H17NO2/c23-20(17-11-5-2-6-12-17)15-18(16-9-3-1-4-10-16)21(24)19-13-7-8-14-22-19/h1-14,18H,15H2. The summed E-state index contributed by atoms with van der Waals surface area (Å²) in [5.74, 6) is -0.714. The van der Waals surface area contributed by atoms with E-state index in [4.69, 9.17) is 0 Å². The van der Waals surface area contributed by atoms with Crippen molar-refractivity contribution in [2.24, 2.45) is 0 Å². The Morgan fingerprint density at radius 1 is 0.792 bits per heavy atom. The van der Waals surface area contributed by atoms with E-state index in [0.29, 0.717) is 11.3 Å². The molecule has 0 N–H and O–H groups in total. The molecule has 0 spiro atoms. The molecule has 1 aromatic heterocycles. The maximum absolute atomic E-state index is 12.9. The van der Waals surface area contributed by atoms with Crippen LogP contribution < -0.4 is 0 Å². The highest BCUT2D eigenvalue weighted by atomic mass is 16.1. The number of hydrogen-bond donors (Lipinski definition) is 0. The van der Waals surface area contributed by atoms with Gasteiger partial charge in [-0.1, -0.05) is 66.7 Å². The van der Waals surface area contributed by atoms with Crippen LogP contribution in [0.15, 0.2) is 85.1 Å². The summed E-state index contributed by atoms with van der Waals surface area (Å²) in [4.78, 5) is 29.6. The summed E-state index contributed by atoms with van der Waals surface area (Å²) >= 11 is 0. The highest BCUT2D eigenvalue weighted by Crippen LogP contribution is 2.25. The number of pyridine rings is 1. The number of hydrogen-bond acceptors (Lipinski definition) is 3. The van der Waals surface area contributed by atoms with Gasteiger partial charge in [-0.15, -0.1) is 0 Å². The van der Waals surface area contributed by atoms with Crippen LogP contribution in [0.1, 0.15) is 38.7 Å². The highest BCUT2D eigenvalue weighted by molar-refractivity contribution is 6.05. The third kappa shape index (κ3) is 3.63. The first-order chi connectivity index (χ1) is 11.8. The molecule has 3 rings (SSSR count). The first-order valence-electron chi connectivity index (χ1n) is 7.84. The number of ketones is 2. The van der Waals surface area contributed by atoms with Crippen molar-refractivity contribution in [1.82, 2.24) is 4.98 Å². The summed E-state index contributed by atoms with van der Waals surface area (Å²) in [6.07, 6.45) is 1.72. The Hall–Kier alpha value is -3.07. The van der Waals surface area contributed by atoms with Gasteiger partial charge in [0.15, 0.2) is 11.6 Å². The topological polar surface area (TPSA) is 47.0 Å². The minimum Gasteiger partial charge on any atom is -0.294 e. The summed E-state index contributed by atoms with van der Waals surface area (Å²) < 4.78 is 0. The Kier molecular flexibility index (Phi) is 4.92. The average Bonchev–Trinajstić information content (AvgIpc) is 2.67. The SMILES string of the molecule is O=C(CC(C(=O)c1ccccn1)c1ccccc1)c1ccccc1. The maximum Gasteiger partial charge on any atom is 0.189 e. The smallest absolute Gasteiger partial charge is 0.189 e. The minimum atomic E-state index is -0.534. The van der Waals surface area contributed by atoms with Gasteiger partial charge < -0.3 is 0 Å². The minimum absolute atomic E-state index is 0.0475. The molecule has 0 aliphatic rings. The van der Waals surface area contributed by atoms with Crippen molar-refractivity contribution in [3.63, 3.8) is 0 Å². The zero-order chi connectivity index (χ0) is 16.8. The number of aromatic nitrogens is 1. The molecule has 24 heavy (non-hydrogen) atoms. The molecule has 118 valence electrons. The second kappa shape index (κ2) is 7.47. The van der Waals surface area contributed by atoms with E-state index < -0.39 is 5.92 Å². The second-order valence-corrected chi connectivity index (χ2v) is 5.54. The van der Waals surface area contributed by atoms with Gasteiger partial charge in [-0.3, -0.25) is 14.6 Å². The molecule has 0 aliphatic carbocycles. The molecule has 0 saturated carbocycles. The van der Waals surface area contributed by atoms with Gasteiger partial charge in [-0.25, -0.2) is 0 Å². The van der Waals surface area contributed by atoms with Crippen molar-refractivity contribution in [3.8, 4) is 0 Å². The van der Waals surface area contributed by atoms with Crippen LogP contribution >= 0.6 is 0 Å². The van der Waals surface area contributed by atoms with E-state index in [0.717, 1.165) is 5.56 Å². The molecular weight excluding hydrogens is 298 g/mol. The van der Waals surface area contributed by atoms with Gasteiger partial charge in [0.25, 0.3) is 0 Å².